The predicted octanol–water partition coefficient (Wildman–Crippen LogP) is 6.71. The summed E-state index contributed by atoms with van der Waals surface area (Å²) in [5.74, 6) is 1.40. The molecular formula is C32H29FN2O3. The van der Waals surface area contributed by atoms with Gasteiger partial charge in [0, 0.05) is 28.7 Å². The smallest absolute Gasteiger partial charge is 0.165 e. The summed E-state index contributed by atoms with van der Waals surface area (Å²) in [7, 11) is 1.63. The summed E-state index contributed by atoms with van der Waals surface area (Å²) in [6, 6.07) is 28.9. The van der Waals surface area contributed by atoms with Crippen molar-refractivity contribution in [3.63, 3.8) is 0 Å². The van der Waals surface area contributed by atoms with Crippen molar-refractivity contribution in [2.24, 2.45) is 0 Å². The number of rotatable bonds is 8. The van der Waals surface area contributed by atoms with Gasteiger partial charge >= 0.3 is 0 Å². The normalized spacial score (nSPS) is 14.7. The van der Waals surface area contributed by atoms with Gasteiger partial charge in [-0.25, -0.2) is 4.39 Å². The Hall–Kier alpha value is -4.29. The Morgan fingerprint density at radius 2 is 1.68 bits per heavy atom. The third-order valence-corrected chi connectivity index (χ3v) is 7.03. The van der Waals surface area contributed by atoms with Crippen molar-refractivity contribution in [3.8, 4) is 17.2 Å². The quantitative estimate of drug-likeness (QED) is 0.245. The molecule has 1 aromatic heterocycles. The highest BCUT2D eigenvalue weighted by Gasteiger charge is 2.26. The van der Waals surface area contributed by atoms with Crippen molar-refractivity contribution in [3.05, 3.63) is 125 Å². The van der Waals surface area contributed by atoms with Crippen molar-refractivity contribution in [1.29, 1.82) is 0 Å². The maximum Gasteiger partial charge on any atom is 0.165 e. The molecular weight excluding hydrogens is 479 g/mol. The fourth-order valence-corrected chi connectivity index (χ4v) is 5.13. The molecule has 0 unspecified atom stereocenters. The van der Waals surface area contributed by atoms with E-state index in [-0.39, 0.29) is 24.2 Å². The van der Waals surface area contributed by atoms with Gasteiger partial charge < -0.3 is 24.5 Å². The number of halogens is 1. The largest absolute Gasteiger partial charge is 0.496 e. The van der Waals surface area contributed by atoms with E-state index >= 15 is 0 Å². The van der Waals surface area contributed by atoms with Crippen LogP contribution in [-0.4, -0.2) is 18.6 Å². The highest BCUT2D eigenvalue weighted by Crippen LogP contribution is 2.36. The fourth-order valence-electron chi connectivity index (χ4n) is 5.13. The highest BCUT2D eigenvalue weighted by molar-refractivity contribution is 5.86. The van der Waals surface area contributed by atoms with Gasteiger partial charge in [-0.1, -0.05) is 48.5 Å². The van der Waals surface area contributed by atoms with Gasteiger partial charge in [-0.05, 0) is 65.6 Å². The van der Waals surface area contributed by atoms with Crippen LogP contribution in [-0.2, 0) is 19.6 Å². The first-order valence-corrected chi connectivity index (χ1v) is 12.8. The molecule has 5 aromatic rings. The zero-order valence-corrected chi connectivity index (χ0v) is 21.2. The standard InChI is InChI=1S/C32H29FN2O3/c1-36-29-14-11-22(17-23(29)20-38-30-10-6-5-9-27(30)33)31-32-25(15-16-34-31)26-18-24(12-13-28(26)35-32)37-19-21-7-3-2-4-8-21/h2-14,17-18,31,34-35H,15-16,19-20H2,1H3/t31-/m0/s1. The van der Waals surface area contributed by atoms with Gasteiger partial charge in [-0.15, -0.1) is 0 Å². The summed E-state index contributed by atoms with van der Waals surface area (Å²) in [6.07, 6.45) is 0.924. The van der Waals surface area contributed by atoms with Gasteiger partial charge in [-0.3, -0.25) is 0 Å². The summed E-state index contributed by atoms with van der Waals surface area (Å²) >= 11 is 0. The number of aromatic amines is 1. The topological polar surface area (TPSA) is 55.5 Å². The lowest BCUT2D eigenvalue weighted by Gasteiger charge is -2.25. The van der Waals surface area contributed by atoms with Crippen molar-refractivity contribution in [1.82, 2.24) is 10.3 Å². The number of nitrogens with one attached hydrogen (secondary N) is 2. The average Bonchev–Trinajstić information content (AvgIpc) is 3.34. The van der Waals surface area contributed by atoms with Crippen LogP contribution in [0.5, 0.6) is 17.2 Å². The molecule has 0 amide bonds. The monoisotopic (exact) mass is 508 g/mol. The summed E-state index contributed by atoms with van der Waals surface area (Å²) in [6.45, 7) is 1.59. The van der Waals surface area contributed by atoms with Crippen LogP contribution in [0.25, 0.3) is 10.9 Å². The summed E-state index contributed by atoms with van der Waals surface area (Å²) in [4.78, 5) is 3.65. The number of hydrogen-bond acceptors (Lipinski definition) is 4. The first kappa shape index (κ1) is 24.1. The van der Waals surface area contributed by atoms with E-state index in [1.54, 1.807) is 25.3 Å². The second-order valence-electron chi connectivity index (χ2n) is 9.43. The van der Waals surface area contributed by atoms with Gasteiger partial charge in [0.25, 0.3) is 0 Å². The van der Waals surface area contributed by atoms with Gasteiger partial charge in [0.1, 0.15) is 24.7 Å². The first-order chi connectivity index (χ1) is 18.7. The minimum atomic E-state index is -0.383. The lowest BCUT2D eigenvalue weighted by atomic mass is 9.93. The molecule has 0 spiro atoms. The lowest BCUT2D eigenvalue weighted by Crippen LogP contribution is -2.30. The maximum absolute atomic E-state index is 14.1. The van der Waals surface area contributed by atoms with Crippen molar-refractivity contribution in [2.45, 2.75) is 25.7 Å². The second-order valence-corrected chi connectivity index (χ2v) is 9.43. The average molecular weight is 509 g/mol. The third kappa shape index (κ3) is 4.83. The third-order valence-electron chi connectivity index (χ3n) is 7.03. The van der Waals surface area contributed by atoms with E-state index in [1.165, 1.54) is 17.0 Å². The Labute approximate surface area is 221 Å². The molecule has 0 aliphatic carbocycles. The molecule has 5 nitrogen and oxygen atoms in total. The van der Waals surface area contributed by atoms with Crippen LogP contribution in [0.4, 0.5) is 4.39 Å². The summed E-state index contributed by atoms with van der Waals surface area (Å²) in [5.41, 5.74) is 6.63. The number of hydrogen-bond donors (Lipinski definition) is 2. The van der Waals surface area contributed by atoms with Crippen molar-refractivity contribution < 1.29 is 18.6 Å². The fraction of sp³-hybridized carbons (Fsp3) is 0.188. The number of methoxy groups -OCH3 is 1. The molecule has 38 heavy (non-hydrogen) atoms. The number of ether oxygens (including phenoxy) is 3. The molecule has 0 saturated carbocycles. The molecule has 4 aromatic carbocycles. The lowest BCUT2D eigenvalue weighted by molar-refractivity contribution is 0.282. The van der Waals surface area contributed by atoms with Gasteiger partial charge in [0.2, 0.25) is 0 Å². The second kappa shape index (κ2) is 10.6. The Kier molecular flexibility index (Phi) is 6.71. The van der Waals surface area contributed by atoms with E-state index in [0.29, 0.717) is 12.4 Å². The number of para-hydroxylation sites is 1. The van der Waals surface area contributed by atoms with E-state index in [9.17, 15) is 4.39 Å². The number of benzene rings is 4. The van der Waals surface area contributed by atoms with E-state index < -0.39 is 0 Å². The minimum Gasteiger partial charge on any atom is -0.496 e. The van der Waals surface area contributed by atoms with E-state index in [4.69, 9.17) is 14.2 Å². The SMILES string of the molecule is COc1ccc([C@@H]2NCCc3c2[nH]c2ccc(OCc4ccccc4)cc32)cc1COc1ccccc1F. The van der Waals surface area contributed by atoms with Crippen LogP contribution in [0.3, 0.4) is 0 Å². The molecule has 0 saturated heterocycles. The van der Waals surface area contributed by atoms with Gasteiger partial charge in [0.05, 0.1) is 13.2 Å². The zero-order valence-electron chi connectivity index (χ0n) is 21.2. The van der Waals surface area contributed by atoms with E-state index in [0.717, 1.165) is 46.6 Å². The molecule has 192 valence electrons. The van der Waals surface area contributed by atoms with Crippen LogP contribution in [0.2, 0.25) is 0 Å². The van der Waals surface area contributed by atoms with Crippen LogP contribution in [0.15, 0.2) is 91.0 Å². The van der Waals surface area contributed by atoms with Gasteiger partial charge in [0.15, 0.2) is 11.6 Å². The van der Waals surface area contributed by atoms with Crippen LogP contribution < -0.4 is 19.5 Å². The molecule has 2 N–H and O–H groups in total. The first-order valence-electron chi connectivity index (χ1n) is 12.8. The molecule has 1 atom stereocenters. The van der Waals surface area contributed by atoms with Crippen molar-refractivity contribution >= 4 is 10.9 Å². The van der Waals surface area contributed by atoms with Crippen molar-refractivity contribution in [2.75, 3.05) is 13.7 Å². The molecule has 2 heterocycles. The molecule has 6 rings (SSSR count). The van der Waals surface area contributed by atoms with E-state index in [2.05, 4.69) is 46.7 Å². The Morgan fingerprint density at radius 3 is 2.53 bits per heavy atom. The Morgan fingerprint density at radius 1 is 0.842 bits per heavy atom. The molecule has 0 fully saturated rings. The van der Waals surface area contributed by atoms with Crippen LogP contribution in [0.1, 0.15) is 34.0 Å². The zero-order chi connectivity index (χ0) is 25.9. The molecule has 1 aliphatic rings. The molecule has 0 bridgehead atoms. The molecule has 0 radical (unpaired) electrons. The number of fused-ring (bicyclic) bond motifs is 3. The highest BCUT2D eigenvalue weighted by atomic mass is 19.1. The van der Waals surface area contributed by atoms with Crippen LogP contribution in [0, 0.1) is 5.82 Å². The maximum atomic E-state index is 14.1. The Bertz CT molecular complexity index is 1560. The Balaban J connectivity index is 1.27. The molecule has 6 heteroatoms. The number of H-pyrrole nitrogens is 1. The van der Waals surface area contributed by atoms with Crippen LogP contribution >= 0.6 is 0 Å². The summed E-state index contributed by atoms with van der Waals surface area (Å²) < 4.78 is 31.6. The van der Waals surface area contributed by atoms with E-state index in [1.807, 2.05) is 30.3 Å². The summed E-state index contributed by atoms with van der Waals surface area (Å²) in [5, 5.41) is 4.85. The number of aromatic nitrogens is 1. The molecule has 1 aliphatic heterocycles. The van der Waals surface area contributed by atoms with Gasteiger partial charge in [-0.2, -0.15) is 0 Å². The predicted molar refractivity (Wildman–Crippen MR) is 146 cm³/mol. The minimum absolute atomic E-state index is 0.0158.